The molecule has 1 aliphatic rings. The average Bonchev–Trinajstić information content (AvgIpc) is 2.73. The quantitative estimate of drug-likeness (QED) is 0.857. The Morgan fingerprint density at radius 2 is 1.96 bits per heavy atom. The van der Waals surface area contributed by atoms with E-state index < -0.39 is 12.0 Å². The van der Waals surface area contributed by atoms with Gasteiger partial charge in [0.25, 0.3) is 0 Å². The van der Waals surface area contributed by atoms with E-state index in [0.717, 1.165) is 16.7 Å². The Morgan fingerprint density at radius 3 is 2.64 bits per heavy atom. The second-order valence-electron chi connectivity index (χ2n) is 5.82. The number of rotatable bonds is 3. The second kappa shape index (κ2) is 7.07. The van der Waals surface area contributed by atoms with Crippen LogP contribution in [-0.2, 0) is 14.3 Å². The van der Waals surface area contributed by atoms with E-state index in [0.29, 0.717) is 16.4 Å². The first-order valence-corrected chi connectivity index (χ1v) is 8.18. The minimum Gasteiger partial charge on any atom is -0.469 e. The lowest BCUT2D eigenvalue weighted by atomic mass is 9.99. The van der Waals surface area contributed by atoms with Crippen molar-refractivity contribution in [3.8, 4) is 0 Å². The van der Waals surface area contributed by atoms with Crippen LogP contribution in [0.25, 0.3) is 0 Å². The molecule has 1 aliphatic heterocycles. The lowest BCUT2D eigenvalue weighted by Crippen LogP contribution is -2.28. The molecule has 1 amide bonds. The molecule has 0 saturated heterocycles. The molecule has 0 spiro atoms. The standard InChI is InChI=1S/C19H17ClN2O3/c1-11-3-8-15-14(9-11)18(12-4-6-13(20)7-5-12)21-16(19(24)22-15)10-17(23)25-2/h3-9,16H,10H2,1-2H3,(H,22,24)/t16-/m0/s1. The van der Waals surface area contributed by atoms with Gasteiger partial charge in [-0.05, 0) is 31.2 Å². The molecule has 0 aromatic heterocycles. The smallest absolute Gasteiger partial charge is 0.308 e. The van der Waals surface area contributed by atoms with Gasteiger partial charge in [0.2, 0.25) is 5.91 Å². The molecule has 1 heterocycles. The zero-order valence-corrected chi connectivity index (χ0v) is 14.6. The Hall–Kier alpha value is -2.66. The minimum absolute atomic E-state index is 0.119. The highest BCUT2D eigenvalue weighted by Gasteiger charge is 2.28. The van der Waals surface area contributed by atoms with Crippen molar-refractivity contribution < 1.29 is 14.3 Å². The zero-order chi connectivity index (χ0) is 18.0. The number of halogens is 1. The first-order valence-electron chi connectivity index (χ1n) is 7.80. The van der Waals surface area contributed by atoms with Crippen LogP contribution in [0.2, 0.25) is 5.02 Å². The van der Waals surface area contributed by atoms with Gasteiger partial charge in [-0.2, -0.15) is 0 Å². The number of esters is 1. The molecule has 6 heteroatoms. The summed E-state index contributed by atoms with van der Waals surface area (Å²) in [6, 6.07) is 12.1. The summed E-state index contributed by atoms with van der Waals surface area (Å²) < 4.78 is 4.69. The molecule has 1 N–H and O–H groups in total. The van der Waals surface area contributed by atoms with Crippen molar-refractivity contribution in [1.29, 1.82) is 0 Å². The maximum Gasteiger partial charge on any atom is 0.308 e. The van der Waals surface area contributed by atoms with Crippen LogP contribution in [0.5, 0.6) is 0 Å². The second-order valence-corrected chi connectivity index (χ2v) is 6.26. The summed E-state index contributed by atoms with van der Waals surface area (Å²) in [6.45, 7) is 1.97. The number of nitrogens with one attached hydrogen (secondary N) is 1. The zero-order valence-electron chi connectivity index (χ0n) is 13.9. The number of hydrogen-bond acceptors (Lipinski definition) is 4. The molecule has 2 aromatic carbocycles. The predicted molar refractivity (Wildman–Crippen MR) is 97.3 cm³/mol. The highest BCUT2D eigenvalue weighted by atomic mass is 35.5. The van der Waals surface area contributed by atoms with Crippen LogP contribution in [0.3, 0.4) is 0 Å². The van der Waals surface area contributed by atoms with E-state index in [1.165, 1.54) is 7.11 Å². The summed E-state index contributed by atoms with van der Waals surface area (Å²) in [5.74, 6) is -0.819. The van der Waals surface area contributed by atoms with Crippen molar-refractivity contribution in [2.75, 3.05) is 12.4 Å². The van der Waals surface area contributed by atoms with Gasteiger partial charge in [-0.15, -0.1) is 0 Å². The monoisotopic (exact) mass is 356 g/mol. The van der Waals surface area contributed by atoms with Gasteiger partial charge in [0.05, 0.1) is 24.9 Å². The summed E-state index contributed by atoms with van der Waals surface area (Å²) in [7, 11) is 1.29. The average molecular weight is 357 g/mol. The molecule has 0 fully saturated rings. The molecule has 0 unspecified atom stereocenters. The molecule has 5 nitrogen and oxygen atoms in total. The van der Waals surface area contributed by atoms with E-state index in [4.69, 9.17) is 11.6 Å². The van der Waals surface area contributed by atoms with Gasteiger partial charge in [-0.25, -0.2) is 0 Å². The van der Waals surface area contributed by atoms with E-state index in [1.807, 2.05) is 37.3 Å². The predicted octanol–water partition coefficient (Wildman–Crippen LogP) is 3.37. The Labute approximate surface area is 150 Å². The number of anilines is 1. The van der Waals surface area contributed by atoms with Gasteiger partial charge in [-0.3, -0.25) is 14.6 Å². The largest absolute Gasteiger partial charge is 0.469 e. The number of benzodiazepines with no additional fused rings is 1. The van der Waals surface area contributed by atoms with E-state index >= 15 is 0 Å². The lowest BCUT2D eigenvalue weighted by Gasteiger charge is -2.11. The fraction of sp³-hybridized carbons (Fsp3) is 0.211. The third kappa shape index (κ3) is 3.72. The number of hydrogen-bond donors (Lipinski definition) is 1. The lowest BCUT2D eigenvalue weighted by molar-refractivity contribution is -0.142. The fourth-order valence-electron chi connectivity index (χ4n) is 2.68. The van der Waals surface area contributed by atoms with Crippen molar-refractivity contribution in [2.45, 2.75) is 19.4 Å². The Morgan fingerprint density at radius 1 is 1.24 bits per heavy atom. The normalized spacial score (nSPS) is 16.4. The minimum atomic E-state index is -0.856. The maximum absolute atomic E-state index is 12.5. The summed E-state index contributed by atoms with van der Waals surface area (Å²) in [4.78, 5) is 28.7. The SMILES string of the molecule is COC(=O)C[C@@H]1N=C(c2ccc(Cl)cc2)c2cc(C)ccc2NC1=O. The van der Waals surface area contributed by atoms with Gasteiger partial charge in [0.15, 0.2) is 0 Å². The van der Waals surface area contributed by atoms with Crippen LogP contribution in [-0.4, -0.2) is 30.7 Å². The number of aliphatic imine (C=N–C) groups is 1. The van der Waals surface area contributed by atoms with E-state index in [-0.39, 0.29) is 12.3 Å². The third-order valence-electron chi connectivity index (χ3n) is 3.98. The molecule has 128 valence electrons. The number of benzene rings is 2. The van der Waals surface area contributed by atoms with Crippen molar-refractivity contribution >= 4 is 34.9 Å². The number of nitrogens with zero attached hydrogens (tertiary/aromatic N) is 1. The van der Waals surface area contributed by atoms with E-state index in [2.05, 4.69) is 15.0 Å². The summed E-state index contributed by atoms with van der Waals surface area (Å²) in [5, 5.41) is 3.47. The Bertz CT molecular complexity index is 859. The van der Waals surface area contributed by atoms with Crippen LogP contribution in [0.1, 0.15) is 23.1 Å². The molecule has 0 radical (unpaired) electrons. The van der Waals surface area contributed by atoms with E-state index in [9.17, 15) is 9.59 Å². The molecular formula is C19H17ClN2O3. The van der Waals surface area contributed by atoms with Crippen LogP contribution >= 0.6 is 11.6 Å². The van der Waals surface area contributed by atoms with Crippen molar-refractivity contribution in [3.63, 3.8) is 0 Å². The van der Waals surface area contributed by atoms with Gasteiger partial charge in [-0.1, -0.05) is 35.4 Å². The number of carbonyl (C=O) groups excluding carboxylic acids is 2. The first-order chi connectivity index (χ1) is 12.0. The molecule has 0 saturated carbocycles. The Kier molecular flexibility index (Phi) is 4.86. The summed E-state index contributed by atoms with van der Waals surface area (Å²) >= 11 is 5.98. The van der Waals surface area contributed by atoms with Gasteiger partial charge < -0.3 is 10.1 Å². The van der Waals surface area contributed by atoms with Crippen molar-refractivity contribution in [1.82, 2.24) is 0 Å². The third-order valence-corrected chi connectivity index (χ3v) is 4.23. The van der Waals surface area contributed by atoms with Crippen LogP contribution < -0.4 is 5.32 Å². The molecule has 0 bridgehead atoms. The van der Waals surface area contributed by atoms with Crippen molar-refractivity contribution in [2.24, 2.45) is 4.99 Å². The van der Waals surface area contributed by atoms with Gasteiger partial charge in [0, 0.05) is 16.1 Å². The van der Waals surface area contributed by atoms with E-state index in [1.54, 1.807) is 12.1 Å². The summed E-state index contributed by atoms with van der Waals surface area (Å²) in [6.07, 6.45) is -0.119. The maximum atomic E-state index is 12.5. The highest BCUT2D eigenvalue weighted by Crippen LogP contribution is 2.26. The van der Waals surface area contributed by atoms with Gasteiger partial charge in [0.1, 0.15) is 6.04 Å². The number of carbonyl (C=O) groups is 2. The van der Waals surface area contributed by atoms with Crippen LogP contribution in [0.4, 0.5) is 5.69 Å². The number of ether oxygens (including phenoxy) is 1. The molecule has 2 aromatic rings. The van der Waals surface area contributed by atoms with Crippen LogP contribution in [0, 0.1) is 6.92 Å². The fourth-order valence-corrected chi connectivity index (χ4v) is 2.81. The molecule has 1 atom stereocenters. The topological polar surface area (TPSA) is 67.8 Å². The Balaban J connectivity index is 2.14. The first kappa shape index (κ1) is 17.2. The number of aryl methyl sites for hydroxylation is 1. The van der Waals surface area contributed by atoms with Crippen molar-refractivity contribution in [3.05, 3.63) is 64.2 Å². The molecule has 0 aliphatic carbocycles. The number of fused-ring (bicyclic) bond motifs is 1. The summed E-state index contributed by atoms with van der Waals surface area (Å²) in [5.41, 5.74) is 3.98. The number of methoxy groups -OCH3 is 1. The number of amides is 1. The van der Waals surface area contributed by atoms with Gasteiger partial charge >= 0.3 is 5.97 Å². The highest BCUT2D eigenvalue weighted by molar-refractivity contribution is 6.30. The van der Waals surface area contributed by atoms with Crippen LogP contribution in [0.15, 0.2) is 47.5 Å². The molecule has 3 rings (SSSR count). The molecule has 25 heavy (non-hydrogen) atoms. The molecular weight excluding hydrogens is 340 g/mol.